The molecule has 23 heavy (non-hydrogen) atoms. The maximum Gasteiger partial charge on any atom is 0.248 e. The Morgan fingerprint density at radius 3 is 2.30 bits per heavy atom. The summed E-state index contributed by atoms with van der Waals surface area (Å²) in [6.45, 7) is 8.65. The molecule has 0 bridgehead atoms. The van der Waals surface area contributed by atoms with Crippen molar-refractivity contribution < 1.29 is 4.79 Å². The number of nitrogens with one attached hydrogen (secondary N) is 1. The van der Waals surface area contributed by atoms with E-state index in [0.29, 0.717) is 0 Å². The second kappa shape index (κ2) is 7.28. The Balaban J connectivity index is 2.04. The van der Waals surface area contributed by atoms with Gasteiger partial charge < -0.3 is 5.32 Å². The summed E-state index contributed by atoms with van der Waals surface area (Å²) in [5.41, 5.74) is 4.48. The summed E-state index contributed by atoms with van der Waals surface area (Å²) >= 11 is 0. The van der Waals surface area contributed by atoms with Crippen LogP contribution in [0.4, 0.5) is 5.69 Å². The number of amides is 1. The van der Waals surface area contributed by atoms with Gasteiger partial charge in [-0.2, -0.15) is 0 Å². The molecule has 2 heteroatoms. The first kappa shape index (κ1) is 17.0. The van der Waals surface area contributed by atoms with Gasteiger partial charge in [-0.05, 0) is 40.7 Å². The smallest absolute Gasteiger partial charge is 0.248 e. The number of benzene rings is 2. The van der Waals surface area contributed by atoms with Gasteiger partial charge in [-0.25, -0.2) is 0 Å². The highest BCUT2D eigenvalue weighted by Gasteiger charge is 2.12. The monoisotopic (exact) mass is 307 g/mol. The number of carbonyl (C=O) groups excluding carboxylic acids is 1. The van der Waals surface area contributed by atoms with Gasteiger partial charge in [-0.3, -0.25) is 4.79 Å². The van der Waals surface area contributed by atoms with Crippen LogP contribution < -0.4 is 5.32 Å². The number of aryl methyl sites for hydroxylation is 1. The lowest BCUT2D eigenvalue weighted by atomic mass is 9.87. The third-order valence-corrected chi connectivity index (χ3v) is 3.86. The first-order chi connectivity index (χ1) is 10.9. The van der Waals surface area contributed by atoms with Crippen molar-refractivity contribution in [2.45, 2.75) is 39.5 Å². The first-order valence-corrected chi connectivity index (χ1v) is 8.07. The molecule has 0 aromatic heterocycles. The van der Waals surface area contributed by atoms with Crippen LogP contribution in [0.15, 0.2) is 54.6 Å². The molecule has 0 saturated carbocycles. The van der Waals surface area contributed by atoms with Crippen molar-refractivity contribution >= 4 is 17.7 Å². The predicted molar refractivity (Wildman–Crippen MR) is 98.6 cm³/mol. The second-order valence-corrected chi connectivity index (χ2v) is 6.71. The SMILES string of the molecule is CCc1ccccc1NC(=O)C=Cc1ccc(C(C)(C)C)cc1. The minimum Gasteiger partial charge on any atom is -0.322 e. The fourth-order valence-corrected chi connectivity index (χ4v) is 2.39. The average Bonchev–Trinajstić information content (AvgIpc) is 2.53. The molecule has 2 rings (SSSR count). The number of anilines is 1. The molecule has 1 amide bonds. The third kappa shape index (κ3) is 4.82. The zero-order valence-corrected chi connectivity index (χ0v) is 14.4. The number of rotatable bonds is 4. The van der Waals surface area contributed by atoms with Crippen LogP contribution in [-0.4, -0.2) is 5.91 Å². The highest BCUT2D eigenvalue weighted by atomic mass is 16.1. The van der Waals surface area contributed by atoms with E-state index in [1.807, 2.05) is 42.5 Å². The van der Waals surface area contributed by atoms with E-state index in [-0.39, 0.29) is 11.3 Å². The van der Waals surface area contributed by atoms with Crippen LogP contribution in [0.3, 0.4) is 0 Å². The molecule has 0 saturated heterocycles. The number of para-hydroxylation sites is 1. The minimum atomic E-state index is -0.106. The molecule has 0 fully saturated rings. The van der Waals surface area contributed by atoms with Gasteiger partial charge in [0.2, 0.25) is 5.91 Å². The molecule has 0 aliphatic carbocycles. The summed E-state index contributed by atoms with van der Waals surface area (Å²) in [4.78, 5) is 12.1. The van der Waals surface area contributed by atoms with Crippen molar-refractivity contribution in [2.24, 2.45) is 0 Å². The molecule has 0 unspecified atom stereocenters. The van der Waals surface area contributed by atoms with E-state index >= 15 is 0 Å². The molecule has 120 valence electrons. The fourth-order valence-electron chi connectivity index (χ4n) is 2.39. The van der Waals surface area contributed by atoms with E-state index in [0.717, 1.165) is 23.2 Å². The van der Waals surface area contributed by atoms with Crippen molar-refractivity contribution in [3.05, 3.63) is 71.3 Å². The van der Waals surface area contributed by atoms with Crippen LogP contribution in [0.5, 0.6) is 0 Å². The lowest BCUT2D eigenvalue weighted by Crippen LogP contribution is -2.10. The van der Waals surface area contributed by atoms with Gasteiger partial charge in [0.1, 0.15) is 0 Å². The van der Waals surface area contributed by atoms with Gasteiger partial charge >= 0.3 is 0 Å². The lowest BCUT2D eigenvalue weighted by molar-refractivity contribution is -0.111. The quantitative estimate of drug-likeness (QED) is 0.773. The van der Waals surface area contributed by atoms with E-state index in [4.69, 9.17) is 0 Å². The van der Waals surface area contributed by atoms with Gasteiger partial charge in [-0.1, -0.05) is 70.2 Å². The Kier molecular flexibility index (Phi) is 5.38. The molecule has 0 atom stereocenters. The molecule has 1 N–H and O–H groups in total. The Morgan fingerprint density at radius 2 is 1.70 bits per heavy atom. The number of carbonyl (C=O) groups is 1. The average molecular weight is 307 g/mol. The zero-order chi connectivity index (χ0) is 16.9. The topological polar surface area (TPSA) is 29.1 Å². The first-order valence-electron chi connectivity index (χ1n) is 8.07. The van der Waals surface area contributed by atoms with Gasteiger partial charge in [-0.15, -0.1) is 0 Å². The van der Waals surface area contributed by atoms with E-state index in [9.17, 15) is 4.79 Å². The Bertz CT molecular complexity index is 691. The van der Waals surface area contributed by atoms with Crippen LogP contribution >= 0.6 is 0 Å². The summed E-state index contributed by atoms with van der Waals surface area (Å²) in [6.07, 6.45) is 4.32. The largest absolute Gasteiger partial charge is 0.322 e. The minimum absolute atomic E-state index is 0.106. The van der Waals surface area contributed by atoms with Crippen LogP contribution in [0.2, 0.25) is 0 Å². The second-order valence-electron chi connectivity index (χ2n) is 6.71. The molecule has 0 spiro atoms. The van der Waals surface area contributed by atoms with E-state index < -0.39 is 0 Å². The summed E-state index contributed by atoms with van der Waals surface area (Å²) in [5, 5.41) is 2.94. The molecule has 0 radical (unpaired) electrons. The maximum absolute atomic E-state index is 12.1. The summed E-state index contributed by atoms with van der Waals surface area (Å²) < 4.78 is 0. The lowest BCUT2D eigenvalue weighted by Gasteiger charge is -2.18. The van der Waals surface area contributed by atoms with E-state index in [1.165, 1.54) is 5.56 Å². The Labute approximate surface area is 139 Å². The van der Waals surface area contributed by atoms with Crippen molar-refractivity contribution in [1.82, 2.24) is 0 Å². The fraction of sp³-hybridized carbons (Fsp3) is 0.286. The van der Waals surface area contributed by atoms with Crippen molar-refractivity contribution in [3.8, 4) is 0 Å². The van der Waals surface area contributed by atoms with E-state index in [1.54, 1.807) is 6.08 Å². The standard InChI is InChI=1S/C21H25NO/c1-5-17-8-6-7-9-19(17)22-20(23)15-12-16-10-13-18(14-11-16)21(2,3)4/h6-15H,5H2,1-4H3,(H,22,23). The molecule has 0 heterocycles. The van der Waals surface area contributed by atoms with Crippen molar-refractivity contribution in [2.75, 3.05) is 5.32 Å². The molecular weight excluding hydrogens is 282 g/mol. The normalized spacial score (nSPS) is 11.7. The van der Waals surface area contributed by atoms with Crippen LogP contribution in [-0.2, 0) is 16.6 Å². The van der Waals surface area contributed by atoms with Gasteiger partial charge in [0.15, 0.2) is 0 Å². The van der Waals surface area contributed by atoms with Gasteiger partial charge in [0, 0.05) is 11.8 Å². The maximum atomic E-state index is 12.1. The summed E-state index contributed by atoms with van der Waals surface area (Å²) in [7, 11) is 0. The molecule has 0 aliphatic rings. The predicted octanol–water partition coefficient (Wildman–Crippen LogP) is 5.20. The molecule has 0 aliphatic heterocycles. The number of hydrogen-bond acceptors (Lipinski definition) is 1. The molecule has 2 aromatic rings. The molecular formula is C21H25NO. The van der Waals surface area contributed by atoms with Crippen molar-refractivity contribution in [3.63, 3.8) is 0 Å². The summed E-state index contributed by atoms with van der Waals surface area (Å²) in [6, 6.07) is 16.2. The molecule has 2 nitrogen and oxygen atoms in total. The summed E-state index contributed by atoms with van der Waals surface area (Å²) in [5.74, 6) is -0.106. The van der Waals surface area contributed by atoms with Crippen LogP contribution in [0.25, 0.3) is 6.08 Å². The highest BCUT2D eigenvalue weighted by molar-refractivity contribution is 6.02. The third-order valence-electron chi connectivity index (χ3n) is 3.86. The Hall–Kier alpha value is -2.35. The van der Waals surface area contributed by atoms with E-state index in [2.05, 4.69) is 45.1 Å². The zero-order valence-electron chi connectivity index (χ0n) is 14.4. The molecule has 2 aromatic carbocycles. The van der Waals surface area contributed by atoms with Gasteiger partial charge in [0.25, 0.3) is 0 Å². The van der Waals surface area contributed by atoms with Crippen molar-refractivity contribution in [1.29, 1.82) is 0 Å². The van der Waals surface area contributed by atoms with Crippen LogP contribution in [0, 0.1) is 0 Å². The number of hydrogen-bond donors (Lipinski definition) is 1. The van der Waals surface area contributed by atoms with Gasteiger partial charge in [0.05, 0.1) is 0 Å². The highest BCUT2D eigenvalue weighted by Crippen LogP contribution is 2.22. The Morgan fingerprint density at radius 1 is 1.04 bits per heavy atom. The van der Waals surface area contributed by atoms with Crippen LogP contribution in [0.1, 0.15) is 44.4 Å².